The van der Waals surface area contributed by atoms with Gasteiger partial charge in [0.1, 0.15) is 0 Å². The zero-order valence-corrected chi connectivity index (χ0v) is 12.1. The SMILES string of the molecule is CC1CN(c2ccc([N+](=O)[O-])c3ccncc23)C(C)CN1. The molecule has 2 heterocycles. The lowest BCUT2D eigenvalue weighted by Crippen LogP contribution is -2.54. The van der Waals surface area contributed by atoms with E-state index in [2.05, 4.69) is 29.0 Å². The van der Waals surface area contributed by atoms with Gasteiger partial charge >= 0.3 is 0 Å². The van der Waals surface area contributed by atoms with Crippen molar-refractivity contribution in [1.29, 1.82) is 0 Å². The molecule has 0 saturated carbocycles. The van der Waals surface area contributed by atoms with Crippen molar-refractivity contribution in [2.24, 2.45) is 0 Å². The summed E-state index contributed by atoms with van der Waals surface area (Å²) in [6.07, 6.45) is 3.32. The zero-order valence-electron chi connectivity index (χ0n) is 12.1. The number of hydrogen-bond donors (Lipinski definition) is 1. The summed E-state index contributed by atoms with van der Waals surface area (Å²) in [5.41, 5.74) is 1.15. The molecule has 2 aromatic rings. The normalized spacial score (nSPS) is 22.5. The average molecular weight is 286 g/mol. The number of non-ortho nitro benzene ring substituents is 1. The largest absolute Gasteiger partial charge is 0.365 e. The molecule has 3 rings (SSSR count). The third-order valence-electron chi connectivity index (χ3n) is 4.04. The Bertz CT molecular complexity index is 688. The van der Waals surface area contributed by atoms with Crippen molar-refractivity contribution in [3.8, 4) is 0 Å². The number of aromatic nitrogens is 1. The van der Waals surface area contributed by atoms with Crippen LogP contribution in [0.3, 0.4) is 0 Å². The fraction of sp³-hybridized carbons (Fsp3) is 0.400. The van der Waals surface area contributed by atoms with Crippen molar-refractivity contribution in [2.45, 2.75) is 25.9 Å². The quantitative estimate of drug-likeness (QED) is 0.677. The highest BCUT2D eigenvalue weighted by atomic mass is 16.6. The summed E-state index contributed by atoms with van der Waals surface area (Å²) in [6.45, 7) is 6.08. The van der Waals surface area contributed by atoms with Crippen molar-refractivity contribution < 1.29 is 4.92 Å². The summed E-state index contributed by atoms with van der Waals surface area (Å²) in [5, 5.41) is 16.1. The maximum absolute atomic E-state index is 11.2. The Balaban J connectivity index is 2.15. The zero-order chi connectivity index (χ0) is 15.0. The fourth-order valence-corrected chi connectivity index (χ4v) is 2.93. The molecule has 0 radical (unpaired) electrons. The maximum atomic E-state index is 11.2. The van der Waals surface area contributed by atoms with Gasteiger partial charge in [-0.25, -0.2) is 0 Å². The maximum Gasteiger partial charge on any atom is 0.277 e. The van der Waals surface area contributed by atoms with Crippen LogP contribution in [0.1, 0.15) is 13.8 Å². The van der Waals surface area contributed by atoms with Crippen molar-refractivity contribution in [2.75, 3.05) is 18.0 Å². The lowest BCUT2D eigenvalue weighted by Gasteiger charge is -2.39. The Hall–Kier alpha value is -2.21. The molecule has 0 aliphatic carbocycles. The Morgan fingerprint density at radius 1 is 1.33 bits per heavy atom. The van der Waals surface area contributed by atoms with Crippen LogP contribution in [-0.4, -0.2) is 35.1 Å². The molecule has 21 heavy (non-hydrogen) atoms. The molecule has 1 aliphatic heterocycles. The predicted molar refractivity (Wildman–Crippen MR) is 82.7 cm³/mol. The second kappa shape index (κ2) is 5.29. The molecule has 2 atom stereocenters. The summed E-state index contributed by atoms with van der Waals surface area (Å²) in [7, 11) is 0. The number of piperazine rings is 1. The minimum absolute atomic E-state index is 0.131. The molecule has 0 spiro atoms. The number of nitro benzene ring substituents is 1. The topological polar surface area (TPSA) is 71.3 Å². The van der Waals surface area contributed by atoms with Gasteiger partial charge in [-0.3, -0.25) is 15.1 Å². The highest BCUT2D eigenvalue weighted by molar-refractivity contribution is 5.99. The predicted octanol–water partition coefficient (Wildman–Crippen LogP) is 2.33. The highest BCUT2D eigenvalue weighted by Gasteiger charge is 2.25. The van der Waals surface area contributed by atoms with Gasteiger partial charge < -0.3 is 10.2 Å². The van der Waals surface area contributed by atoms with Crippen LogP contribution in [-0.2, 0) is 0 Å². The van der Waals surface area contributed by atoms with Gasteiger partial charge in [-0.2, -0.15) is 0 Å². The summed E-state index contributed by atoms with van der Waals surface area (Å²) < 4.78 is 0. The number of fused-ring (bicyclic) bond motifs is 1. The average Bonchev–Trinajstić information content (AvgIpc) is 2.48. The highest BCUT2D eigenvalue weighted by Crippen LogP contribution is 2.34. The minimum Gasteiger partial charge on any atom is -0.365 e. The molecular formula is C15H18N4O2. The van der Waals surface area contributed by atoms with E-state index in [1.165, 1.54) is 0 Å². The van der Waals surface area contributed by atoms with Crippen molar-refractivity contribution in [3.05, 3.63) is 40.7 Å². The summed E-state index contributed by atoms with van der Waals surface area (Å²) in [5.74, 6) is 0. The van der Waals surface area contributed by atoms with Gasteiger partial charge in [0, 0.05) is 54.7 Å². The number of nitrogens with zero attached hydrogens (tertiary/aromatic N) is 3. The molecule has 1 aromatic heterocycles. The van der Waals surface area contributed by atoms with Crippen LogP contribution >= 0.6 is 0 Å². The lowest BCUT2D eigenvalue weighted by molar-refractivity contribution is -0.383. The van der Waals surface area contributed by atoms with E-state index in [4.69, 9.17) is 0 Å². The van der Waals surface area contributed by atoms with E-state index in [1.807, 2.05) is 6.07 Å². The van der Waals surface area contributed by atoms with Gasteiger partial charge in [0.05, 0.1) is 10.3 Å². The van der Waals surface area contributed by atoms with E-state index in [0.29, 0.717) is 17.5 Å². The van der Waals surface area contributed by atoms with E-state index in [9.17, 15) is 10.1 Å². The Labute approximate surface area is 122 Å². The number of nitrogens with one attached hydrogen (secondary N) is 1. The van der Waals surface area contributed by atoms with Crippen LogP contribution in [0.15, 0.2) is 30.6 Å². The second-order valence-corrected chi connectivity index (χ2v) is 5.59. The fourth-order valence-electron chi connectivity index (χ4n) is 2.93. The lowest BCUT2D eigenvalue weighted by atomic mass is 10.0. The monoisotopic (exact) mass is 286 g/mol. The molecule has 0 bridgehead atoms. The molecule has 1 saturated heterocycles. The molecule has 6 heteroatoms. The van der Waals surface area contributed by atoms with Crippen LogP contribution in [0.25, 0.3) is 10.8 Å². The van der Waals surface area contributed by atoms with Crippen molar-refractivity contribution >= 4 is 22.1 Å². The third kappa shape index (κ3) is 2.42. The number of nitro groups is 1. The van der Waals surface area contributed by atoms with E-state index < -0.39 is 0 Å². The van der Waals surface area contributed by atoms with Gasteiger partial charge in [-0.1, -0.05) is 0 Å². The molecule has 0 amide bonds. The number of benzene rings is 1. The first kappa shape index (κ1) is 13.8. The summed E-state index contributed by atoms with van der Waals surface area (Å²) in [6, 6.07) is 5.88. The molecule has 1 aliphatic rings. The molecule has 2 unspecified atom stereocenters. The summed E-state index contributed by atoms with van der Waals surface area (Å²) >= 11 is 0. The first-order chi connectivity index (χ1) is 10.1. The Morgan fingerprint density at radius 2 is 2.14 bits per heavy atom. The molecule has 1 N–H and O–H groups in total. The second-order valence-electron chi connectivity index (χ2n) is 5.59. The molecule has 110 valence electrons. The minimum atomic E-state index is -0.337. The van der Waals surface area contributed by atoms with Gasteiger partial charge in [0.2, 0.25) is 0 Å². The molecular weight excluding hydrogens is 268 g/mol. The molecule has 6 nitrogen and oxygen atoms in total. The van der Waals surface area contributed by atoms with Crippen LogP contribution in [0.2, 0.25) is 0 Å². The van der Waals surface area contributed by atoms with Crippen LogP contribution in [0, 0.1) is 10.1 Å². The standard InChI is InChI=1S/C15H18N4O2/c1-10-9-18(11(2)7-17-10)14-3-4-15(19(20)21)12-5-6-16-8-13(12)14/h3-6,8,10-11,17H,7,9H2,1-2H3. The Kier molecular flexibility index (Phi) is 3.47. The van der Waals surface area contributed by atoms with E-state index >= 15 is 0 Å². The first-order valence-corrected chi connectivity index (χ1v) is 7.09. The van der Waals surface area contributed by atoms with Crippen LogP contribution < -0.4 is 10.2 Å². The van der Waals surface area contributed by atoms with Crippen LogP contribution in [0.4, 0.5) is 11.4 Å². The molecule has 1 fully saturated rings. The Morgan fingerprint density at radius 3 is 2.90 bits per heavy atom. The van der Waals surface area contributed by atoms with Gasteiger partial charge in [0.25, 0.3) is 5.69 Å². The number of pyridine rings is 1. The smallest absolute Gasteiger partial charge is 0.277 e. The van der Waals surface area contributed by atoms with E-state index in [-0.39, 0.29) is 10.6 Å². The van der Waals surface area contributed by atoms with E-state index in [0.717, 1.165) is 24.2 Å². The van der Waals surface area contributed by atoms with Gasteiger partial charge in [0.15, 0.2) is 0 Å². The molecule has 1 aromatic carbocycles. The van der Waals surface area contributed by atoms with E-state index in [1.54, 1.807) is 24.5 Å². The van der Waals surface area contributed by atoms with Gasteiger partial charge in [-0.15, -0.1) is 0 Å². The number of rotatable bonds is 2. The van der Waals surface area contributed by atoms with Crippen molar-refractivity contribution in [1.82, 2.24) is 10.3 Å². The third-order valence-corrected chi connectivity index (χ3v) is 4.04. The number of anilines is 1. The van der Waals surface area contributed by atoms with Crippen molar-refractivity contribution in [3.63, 3.8) is 0 Å². The first-order valence-electron chi connectivity index (χ1n) is 7.09. The summed E-state index contributed by atoms with van der Waals surface area (Å²) in [4.78, 5) is 17.3. The number of hydrogen-bond acceptors (Lipinski definition) is 5. The van der Waals surface area contributed by atoms with Gasteiger partial charge in [-0.05, 0) is 26.0 Å². The van der Waals surface area contributed by atoms with Crippen LogP contribution in [0.5, 0.6) is 0 Å².